The number of hydrogen-bond donors (Lipinski definition) is 1. The number of aliphatic hydroxyl groups is 1. The minimum absolute atomic E-state index is 0.0817. The van der Waals surface area contributed by atoms with Gasteiger partial charge in [0.05, 0.1) is 12.5 Å². The summed E-state index contributed by atoms with van der Waals surface area (Å²) in [4.78, 5) is 1.93. The zero-order valence-electron chi connectivity index (χ0n) is 11.2. The lowest BCUT2D eigenvalue weighted by Gasteiger charge is -2.22. The third-order valence-corrected chi connectivity index (χ3v) is 2.92. The van der Waals surface area contributed by atoms with E-state index in [4.69, 9.17) is 10.4 Å². The van der Waals surface area contributed by atoms with E-state index in [9.17, 15) is 4.39 Å². The molecule has 0 aliphatic heterocycles. The van der Waals surface area contributed by atoms with Crippen molar-refractivity contribution in [2.75, 3.05) is 13.7 Å². The van der Waals surface area contributed by atoms with Gasteiger partial charge in [0.1, 0.15) is 12.4 Å². The lowest BCUT2D eigenvalue weighted by atomic mass is 10.1. The molecule has 0 spiro atoms. The molecule has 0 bridgehead atoms. The summed E-state index contributed by atoms with van der Waals surface area (Å²) in [5.74, 6) is 4.82. The Hall–Kier alpha value is -1.88. The van der Waals surface area contributed by atoms with Crippen molar-refractivity contribution >= 4 is 0 Å². The zero-order chi connectivity index (χ0) is 14.3. The van der Waals surface area contributed by atoms with E-state index in [0.29, 0.717) is 24.1 Å². The third kappa shape index (κ3) is 4.71. The van der Waals surface area contributed by atoms with E-state index in [2.05, 4.69) is 17.9 Å². The van der Waals surface area contributed by atoms with Gasteiger partial charge in [-0.3, -0.25) is 4.90 Å². The number of nitriles is 1. The monoisotopic (exact) mass is 260 g/mol. The fourth-order valence-corrected chi connectivity index (χ4v) is 1.61. The first kappa shape index (κ1) is 15.2. The van der Waals surface area contributed by atoms with Crippen molar-refractivity contribution in [3.8, 4) is 17.9 Å². The molecule has 0 amide bonds. The van der Waals surface area contributed by atoms with E-state index in [0.717, 1.165) is 0 Å². The van der Waals surface area contributed by atoms with Gasteiger partial charge >= 0.3 is 0 Å². The van der Waals surface area contributed by atoms with Crippen LogP contribution in [0.4, 0.5) is 4.39 Å². The second-order valence-corrected chi connectivity index (χ2v) is 4.39. The Morgan fingerprint density at radius 1 is 1.47 bits per heavy atom. The number of halogens is 1. The van der Waals surface area contributed by atoms with Gasteiger partial charge in [0.15, 0.2) is 0 Å². The van der Waals surface area contributed by atoms with E-state index in [1.165, 1.54) is 6.07 Å². The van der Waals surface area contributed by atoms with Crippen LogP contribution in [0.3, 0.4) is 0 Å². The highest BCUT2D eigenvalue weighted by atomic mass is 19.1. The molecule has 4 heteroatoms. The minimum Gasteiger partial charge on any atom is -0.384 e. The van der Waals surface area contributed by atoms with Crippen LogP contribution >= 0.6 is 0 Å². The summed E-state index contributed by atoms with van der Waals surface area (Å²) >= 11 is 0. The Morgan fingerprint density at radius 3 is 2.79 bits per heavy atom. The molecule has 0 fully saturated rings. The van der Waals surface area contributed by atoms with E-state index < -0.39 is 0 Å². The number of nitrogens with zero attached hydrogens (tertiary/aromatic N) is 2. The zero-order valence-corrected chi connectivity index (χ0v) is 11.2. The maximum Gasteiger partial charge on any atom is 0.128 e. The van der Waals surface area contributed by atoms with Gasteiger partial charge in [0.2, 0.25) is 0 Å². The van der Waals surface area contributed by atoms with Crippen molar-refractivity contribution in [3.63, 3.8) is 0 Å². The lowest BCUT2D eigenvalue weighted by Crippen LogP contribution is -2.28. The second-order valence-electron chi connectivity index (χ2n) is 4.39. The molecule has 0 saturated heterocycles. The molecule has 1 rings (SSSR count). The lowest BCUT2D eigenvalue weighted by molar-refractivity contribution is 0.249. The first-order chi connectivity index (χ1) is 9.08. The quantitative estimate of drug-likeness (QED) is 0.841. The molecule has 0 saturated carbocycles. The predicted octanol–water partition coefficient (Wildman–Crippen LogP) is 1.90. The van der Waals surface area contributed by atoms with E-state index >= 15 is 0 Å². The summed E-state index contributed by atoms with van der Waals surface area (Å²) in [6, 6.07) is 6.96. The smallest absolute Gasteiger partial charge is 0.128 e. The van der Waals surface area contributed by atoms with Crippen molar-refractivity contribution in [2.45, 2.75) is 25.9 Å². The molecule has 100 valence electrons. The largest absolute Gasteiger partial charge is 0.384 e. The molecular weight excluding hydrogens is 243 g/mol. The maximum atomic E-state index is 13.9. The summed E-state index contributed by atoms with van der Waals surface area (Å²) in [7, 11) is 1.86. The number of aliphatic hydroxyl groups excluding tert-OH is 1. The number of hydrogen-bond acceptors (Lipinski definition) is 3. The minimum atomic E-state index is -0.319. The summed E-state index contributed by atoms with van der Waals surface area (Å²) in [6.07, 6.45) is 0.415. The topological polar surface area (TPSA) is 47.3 Å². The Labute approximate surface area is 113 Å². The molecule has 19 heavy (non-hydrogen) atoms. The van der Waals surface area contributed by atoms with Crippen LogP contribution in [0.15, 0.2) is 18.2 Å². The van der Waals surface area contributed by atoms with E-state index in [1.54, 1.807) is 12.1 Å². The molecule has 1 unspecified atom stereocenters. The van der Waals surface area contributed by atoms with Crippen molar-refractivity contribution in [2.24, 2.45) is 0 Å². The molecule has 1 aromatic rings. The molecule has 1 aromatic carbocycles. The van der Waals surface area contributed by atoms with Crippen LogP contribution in [0, 0.1) is 29.0 Å². The Balaban J connectivity index is 2.78. The first-order valence-electron chi connectivity index (χ1n) is 6.03. The highest BCUT2D eigenvalue weighted by molar-refractivity contribution is 5.37. The third-order valence-electron chi connectivity index (χ3n) is 2.92. The van der Waals surface area contributed by atoms with Crippen LogP contribution in [0.2, 0.25) is 0 Å². The first-order valence-corrected chi connectivity index (χ1v) is 6.03. The molecular formula is C15H17FN2O. The fourth-order valence-electron chi connectivity index (χ4n) is 1.61. The average molecular weight is 260 g/mol. The van der Waals surface area contributed by atoms with Crippen LogP contribution in [0.1, 0.15) is 24.5 Å². The van der Waals surface area contributed by atoms with Crippen LogP contribution < -0.4 is 0 Å². The summed E-state index contributed by atoms with van der Waals surface area (Å²) in [5, 5.41) is 17.2. The van der Waals surface area contributed by atoms with Gasteiger partial charge in [0.25, 0.3) is 0 Å². The Bertz CT molecular complexity index is 525. The molecule has 1 N–H and O–H groups in total. The van der Waals surface area contributed by atoms with Crippen LogP contribution in [-0.2, 0) is 6.54 Å². The summed E-state index contributed by atoms with van der Waals surface area (Å²) < 4.78 is 13.9. The van der Waals surface area contributed by atoms with Gasteiger partial charge in [-0.15, -0.1) is 0 Å². The highest BCUT2D eigenvalue weighted by Crippen LogP contribution is 2.14. The van der Waals surface area contributed by atoms with Crippen LogP contribution in [0.25, 0.3) is 0 Å². The number of benzene rings is 1. The van der Waals surface area contributed by atoms with Crippen LogP contribution in [-0.4, -0.2) is 29.7 Å². The van der Waals surface area contributed by atoms with Crippen molar-refractivity contribution < 1.29 is 9.50 Å². The highest BCUT2D eigenvalue weighted by Gasteiger charge is 2.11. The number of rotatable bonds is 4. The summed E-state index contributed by atoms with van der Waals surface area (Å²) in [6.45, 7) is 2.14. The van der Waals surface area contributed by atoms with Gasteiger partial charge in [-0.1, -0.05) is 17.9 Å². The van der Waals surface area contributed by atoms with Crippen LogP contribution in [0.5, 0.6) is 0 Å². The van der Waals surface area contributed by atoms with E-state index in [-0.39, 0.29) is 18.5 Å². The molecule has 0 aliphatic carbocycles. The summed E-state index contributed by atoms with van der Waals surface area (Å²) in [5.41, 5.74) is 1.12. The standard InChI is InChI=1S/C15H17FN2O/c1-12(7-8-17)18(2)11-14-6-5-13(4-3-9-19)10-15(14)16/h5-6,10,12,19H,7,9,11H2,1-2H3. The molecule has 0 heterocycles. The Morgan fingerprint density at radius 2 is 2.21 bits per heavy atom. The normalized spacial score (nSPS) is 11.6. The van der Waals surface area contributed by atoms with Gasteiger partial charge in [-0.05, 0) is 26.1 Å². The molecule has 0 aromatic heterocycles. The van der Waals surface area contributed by atoms with Crippen molar-refractivity contribution in [1.82, 2.24) is 4.90 Å². The van der Waals surface area contributed by atoms with Gasteiger partial charge in [0, 0.05) is 23.7 Å². The molecule has 0 radical (unpaired) electrons. The van der Waals surface area contributed by atoms with Crippen molar-refractivity contribution in [3.05, 3.63) is 35.1 Å². The Kier molecular flexibility index (Phi) is 6.02. The molecule has 1 atom stereocenters. The van der Waals surface area contributed by atoms with Gasteiger partial charge in [-0.25, -0.2) is 4.39 Å². The average Bonchev–Trinajstić information content (AvgIpc) is 2.39. The molecule has 3 nitrogen and oxygen atoms in total. The SMILES string of the molecule is CC(CC#N)N(C)Cc1ccc(C#CCO)cc1F. The maximum absolute atomic E-state index is 13.9. The van der Waals surface area contributed by atoms with Gasteiger partial charge in [-0.2, -0.15) is 5.26 Å². The van der Waals surface area contributed by atoms with E-state index in [1.807, 2.05) is 18.9 Å². The fraction of sp³-hybridized carbons (Fsp3) is 0.400. The van der Waals surface area contributed by atoms with Gasteiger partial charge < -0.3 is 5.11 Å². The van der Waals surface area contributed by atoms with Crippen molar-refractivity contribution in [1.29, 1.82) is 5.26 Å². The molecule has 0 aliphatic rings. The predicted molar refractivity (Wildman–Crippen MR) is 71.5 cm³/mol. The second kappa shape index (κ2) is 7.53.